The summed E-state index contributed by atoms with van der Waals surface area (Å²) in [6, 6.07) is 12.1. The van der Waals surface area contributed by atoms with Crippen LogP contribution < -0.4 is 4.74 Å². The van der Waals surface area contributed by atoms with Crippen molar-refractivity contribution < 1.29 is 22.7 Å². The Morgan fingerprint density at radius 1 is 1.17 bits per heavy atom. The van der Waals surface area contributed by atoms with Gasteiger partial charge in [-0.1, -0.05) is 12.1 Å². The molecule has 29 heavy (non-hydrogen) atoms. The van der Waals surface area contributed by atoms with E-state index in [9.17, 15) is 18.0 Å². The van der Waals surface area contributed by atoms with Crippen LogP contribution in [0.3, 0.4) is 0 Å². The van der Waals surface area contributed by atoms with Crippen LogP contribution in [0.15, 0.2) is 53.9 Å². The van der Waals surface area contributed by atoms with Crippen molar-refractivity contribution in [3.05, 3.63) is 70.7 Å². The Labute approximate surface area is 170 Å². The van der Waals surface area contributed by atoms with E-state index in [0.29, 0.717) is 28.6 Å². The van der Waals surface area contributed by atoms with Gasteiger partial charge in [-0.3, -0.25) is 4.79 Å². The molecule has 4 nitrogen and oxygen atoms in total. The number of benzene rings is 2. The van der Waals surface area contributed by atoms with Crippen molar-refractivity contribution in [2.75, 3.05) is 13.6 Å². The molecule has 0 radical (unpaired) electrons. The summed E-state index contributed by atoms with van der Waals surface area (Å²) in [7, 11) is 1.72. The Balaban J connectivity index is 1.65. The minimum absolute atomic E-state index is 0.0303. The molecular weight excluding hydrogens is 401 g/mol. The summed E-state index contributed by atoms with van der Waals surface area (Å²) >= 11 is 1.37. The predicted octanol–water partition coefficient (Wildman–Crippen LogP) is 5.50. The highest BCUT2D eigenvalue weighted by molar-refractivity contribution is 7.13. The highest BCUT2D eigenvalue weighted by Gasteiger charge is 2.30. The number of halogens is 3. The lowest BCUT2D eigenvalue weighted by molar-refractivity contribution is -0.137. The van der Waals surface area contributed by atoms with Gasteiger partial charge in [0, 0.05) is 24.5 Å². The van der Waals surface area contributed by atoms with E-state index in [2.05, 4.69) is 4.98 Å². The smallest absolute Gasteiger partial charge is 0.416 e. The topological polar surface area (TPSA) is 42.4 Å². The van der Waals surface area contributed by atoms with Crippen molar-refractivity contribution in [1.82, 2.24) is 9.88 Å². The van der Waals surface area contributed by atoms with Gasteiger partial charge in [-0.05, 0) is 48.9 Å². The van der Waals surface area contributed by atoms with Crippen LogP contribution in [0, 0.1) is 0 Å². The van der Waals surface area contributed by atoms with E-state index in [1.165, 1.54) is 17.4 Å². The van der Waals surface area contributed by atoms with Crippen molar-refractivity contribution in [1.29, 1.82) is 0 Å². The van der Waals surface area contributed by atoms with Gasteiger partial charge in [0.1, 0.15) is 23.1 Å². The number of alkyl halides is 3. The summed E-state index contributed by atoms with van der Waals surface area (Å²) in [5, 5.41) is 2.43. The average Bonchev–Trinajstić information content (AvgIpc) is 3.21. The van der Waals surface area contributed by atoms with Crippen LogP contribution in [0.5, 0.6) is 5.75 Å². The third-order valence-electron chi connectivity index (χ3n) is 4.31. The molecule has 3 rings (SSSR count). The van der Waals surface area contributed by atoms with Gasteiger partial charge >= 0.3 is 6.18 Å². The quantitative estimate of drug-likeness (QED) is 0.529. The van der Waals surface area contributed by atoms with Crippen LogP contribution in [0.25, 0.3) is 10.6 Å². The lowest BCUT2D eigenvalue weighted by atomic mass is 10.1. The van der Waals surface area contributed by atoms with Crippen molar-refractivity contribution >= 4 is 17.2 Å². The van der Waals surface area contributed by atoms with Gasteiger partial charge in [-0.2, -0.15) is 13.2 Å². The first-order valence-corrected chi connectivity index (χ1v) is 9.76. The molecule has 3 aromatic rings. The third-order valence-corrected chi connectivity index (χ3v) is 5.20. The van der Waals surface area contributed by atoms with E-state index in [1.54, 1.807) is 47.7 Å². The number of rotatable bonds is 6. The molecule has 0 fully saturated rings. The van der Waals surface area contributed by atoms with E-state index in [0.717, 1.165) is 17.7 Å². The van der Waals surface area contributed by atoms with Gasteiger partial charge in [-0.25, -0.2) is 4.98 Å². The second kappa shape index (κ2) is 8.65. The number of hydrogen-bond donors (Lipinski definition) is 0. The summed E-state index contributed by atoms with van der Waals surface area (Å²) in [6.45, 7) is 2.52. The molecule has 1 aromatic heterocycles. The minimum atomic E-state index is -4.38. The molecule has 0 saturated carbocycles. The van der Waals surface area contributed by atoms with Gasteiger partial charge < -0.3 is 9.64 Å². The minimum Gasteiger partial charge on any atom is -0.489 e. The molecular formula is C21H19F3N2O2S. The molecule has 0 aliphatic carbocycles. The van der Waals surface area contributed by atoms with Gasteiger partial charge in [0.25, 0.3) is 5.91 Å². The van der Waals surface area contributed by atoms with Crippen molar-refractivity contribution in [2.45, 2.75) is 19.7 Å². The fourth-order valence-corrected chi connectivity index (χ4v) is 3.34. The highest BCUT2D eigenvalue weighted by Crippen LogP contribution is 2.30. The molecule has 0 bridgehead atoms. The predicted molar refractivity (Wildman–Crippen MR) is 106 cm³/mol. The normalized spacial score (nSPS) is 11.3. The van der Waals surface area contributed by atoms with Gasteiger partial charge in [0.2, 0.25) is 0 Å². The Morgan fingerprint density at radius 3 is 2.55 bits per heavy atom. The number of hydrogen-bond acceptors (Lipinski definition) is 4. The number of ether oxygens (including phenoxy) is 1. The summed E-state index contributed by atoms with van der Waals surface area (Å²) in [5.41, 5.74) is 0.975. The zero-order valence-corrected chi connectivity index (χ0v) is 16.7. The van der Waals surface area contributed by atoms with Crippen LogP contribution in [-0.2, 0) is 12.8 Å². The standard InChI is InChI=1S/C21H19F3N2O2S/c1-3-26(2)20(27)18-13-29-19(25-18)15-7-9-17(10-8-15)28-12-14-5-4-6-16(11-14)21(22,23)24/h4-11,13H,3,12H2,1-2H3. The number of aromatic nitrogens is 1. The molecule has 0 spiro atoms. The molecule has 0 aliphatic heterocycles. The van der Waals surface area contributed by atoms with Crippen LogP contribution in [-0.4, -0.2) is 29.4 Å². The Bertz CT molecular complexity index is 984. The monoisotopic (exact) mass is 420 g/mol. The number of thiazole rings is 1. The maximum absolute atomic E-state index is 12.8. The molecule has 2 aromatic carbocycles. The van der Waals surface area contributed by atoms with Crippen molar-refractivity contribution in [3.8, 4) is 16.3 Å². The zero-order valence-electron chi connectivity index (χ0n) is 15.9. The first-order valence-electron chi connectivity index (χ1n) is 8.88. The highest BCUT2D eigenvalue weighted by atomic mass is 32.1. The van der Waals surface area contributed by atoms with E-state index in [4.69, 9.17) is 4.74 Å². The molecule has 0 N–H and O–H groups in total. The third kappa shape index (κ3) is 5.14. The molecule has 0 aliphatic rings. The summed E-state index contributed by atoms with van der Waals surface area (Å²) in [5.74, 6) is 0.403. The molecule has 152 valence electrons. The maximum Gasteiger partial charge on any atom is 0.416 e. The van der Waals surface area contributed by atoms with Crippen molar-refractivity contribution in [2.24, 2.45) is 0 Å². The summed E-state index contributed by atoms with van der Waals surface area (Å²) < 4.78 is 43.9. The fraction of sp³-hybridized carbons (Fsp3) is 0.238. The lowest BCUT2D eigenvalue weighted by Gasteiger charge is -2.11. The molecule has 0 atom stereocenters. The number of amides is 1. The Kier molecular flexibility index (Phi) is 6.22. The van der Waals surface area contributed by atoms with Crippen LogP contribution >= 0.6 is 11.3 Å². The van der Waals surface area contributed by atoms with E-state index >= 15 is 0 Å². The molecule has 1 amide bonds. The number of carbonyl (C=O) groups excluding carboxylic acids is 1. The maximum atomic E-state index is 12.8. The first kappa shape index (κ1) is 20.9. The number of nitrogens with zero attached hydrogens (tertiary/aromatic N) is 2. The molecule has 1 heterocycles. The average molecular weight is 420 g/mol. The summed E-state index contributed by atoms with van der Waals surface area (Å²) in [6.07, 6.45) is -4.38. The number of carbonyl (C=O) groups is 1. The second-order valence-electron chi connectivity index (χ2n) is 6.37. The second-order valence-corrected chi connectivity index (χ2v) is 7.23. The lowest BCUT2D eigenvalue weighted by Crippen LogP contribution is -2.26. The molecule has 8 heteroatoms. The van der Waals surface area contributed by atoms with Gasteiger partial charge in [0.05, 0.1) is 5.56 Å². The van der Waals surface area contributed by atoms with Gasteiger partial charge in [-0.15, -0.1) is 11.3 Å². The van der Waals surface area contributed by atoms with Crippen LogP contribution in [0.4, 0.5) is 13.2 Å². The van der Waals surface area contributed by atoms with Crippen LogP contribution in [0.1, 0.15) is 28.5 Å². The zero-order chi connectivity index (χ0) is 21.0. The Hall–Kier alpha value is -2.87. The Morgan fingerprint density at radius 2 is 1.90 bits per heavy atom. The SMILES string of the molecule is CCN(C)C(=O)c1csc(-c2ccc(OCc3cccc(C(F)(F)F)c3)cc2)n1. The molecule has 0 unspecified atom stereocenters. The van der Waals surface area contributed by atoms with E-state index in [1.807, 2.05) is 6.92 Å². The van der Waals surface area contributed by atoms with Crippen molar-refractivity contribution in [3.63, 3.8) is 0 Å². The van der Waals surface area contributed by atoms with Crippen LogP contribution in [0.2, 0.25) is 0 Å². The fourth-order valence-electron chi connectivity index (χ4n) is 2.54. The molecule has 0 saturated heterocycles. The van der Waals surface area contributed by atoms with E-state index in [-0.39, 0.29) is 12.5 Å². The summed E-state index contributed by atoms with van der Waals surface area (Å²) in [4.78, 5) is 18.1. The van der Waals surface area contributed by atoms with Gasteiger partial charge in [0.15, 0.2) is 0 Å². The van der Waals surface area contributed by atoms with E-state index < -0.39 is 11.7 Å². The first-order chi connectivity index (χ1) is 13.8. The largest absolute Gasteiger partial charge is 0.489 e.